The van der Waals surface area contributed by atoms with E-state index in [4.69, 9.17) is 0 Å². The topological polar surface area (TPSA) is 72.2 Å². The molecule has 6 nitrogen and oxygen atoms in total. The summed E-state index contributed by atoms with van der Waals surface area (Å²) in [6.45, 7) is 1.41. The first-order valence-electron chi connectivity index (χ1n) is 3.93. The molecule has 0 aliphatic carbocycles. The Kier molecular flexibility index (Phi) is 1.80. The molecule has 0 saturated heterocycles. The third kappa shape index (κ3) is 1.42. The lowest BCUT2D eigenvalue weighted by Gasteiger charge is -2.05. The summed E-state index contributed by atoms with van der Waals surface area (Å²) in [4.78, 5) is 10.7. The van der Waals surface area contributed by atoms with E-state index in [-0.39, 0.29) is 5.91 Å². The summed E-state index contributed by atoms with van der Waals surface area (Å²) in [5.74, 6) is 0.924. The average Bonchev–Trinajstić information content (AvgIpc) is 2.48. The van der Waals surface area contributed by atoms with Gasteiger partial charge in [-0.3, -0.25) is 10.1 Å². The molecule has 0 atom stereocenters. The number of nitrogens with one attached hydrogen (secondary N) is 1. The highest BCUT2D eigenvalue weighted by molar-refractivity contribution is 5.86. The van der Waals surface area contributed by atoms with Crippen molar-refractivity contribution in [2.75, 3.05) is 5.32 Å². The summed E-state index contributed by atoms with van der Waals surface area (Å²) in [7, 11) is 0. The molecule has 67 valence electrons. The molecular weight excluding hydrogens is 170 g/mol. The summed E-state index contributed by atoms with van der Waals surface area (Å²) >= 11 is 0. The van der Waals surface area contributed by atoms with Gasteiger partial charge in [-0.15, -0.1) is 10.2 Å². The molecule has 2 heterocycles. The Hall–Kier alpha value is -1.72. The summed E-state index contributed by atoms with van der Waals surface area (Å²) in [5, 5.41) is 14.1. The summed E-state index contributed by atoms with van der Waals surface area (Å²) in [6.07, 6.45) is 4.31. The van der Waals surface area contributed by atoms with Crippen molar-refractivity contribution in [3.63, 3.8) is 0 Å². The number of aromatic nitrogens is 3. The number of aryl methyl sites for hydroxylation is 1. The van der Waals surface area contributed by atoms with Crippen molar-refractivity contribution in [3.05, 3.63) is 5.82 Å². The van der Waals surface area contributed by atoms with E-state index in [0.717, 1.165) is 18.7 Å². The van der Waals surface area contributed by atoms with E-state index in [1.165, 1.54) is 11.6 Å². The van der Waals surface area contributed by atoms with Gasteiger partial charge in [0.2, 0.25) is 5.91 Å². The fraction of sp³-hybridized carbons (Fsp3) is 0.429. The molecular formula is C7H8N5O. The molecule has 1 aliphatic rings. The monoisotopic (exact) mass is 178 g/mol. The summed E-state index contributed by atoms with van der Waals surface area (Å²) in [5.41, 5.74) is 0. The van der Waals surface area contributed by atoms with Crippen LogP contribution in [0.2, 0.25) is 0 Å². The molecule has 1 aromatic heterocycles. The van der Waals surface area contributed by atoms with Gasteiger partial charge >= 0.3 is 0 Å². The van der Waals surface area contributed by atoms with Crippen molar-refractivity contribution in [2.45, 2.75) is 19.8 Å². The fourth-order valence-electron chi connectivity index (χ4n) is 1.10. The Labute approximate surface area is 74.7 Å². The van der Waals surface area contributed by atoms with Crippen molar-refractivity contribution in [1.82, 2.24) is 14.9 Å². The highest BCUT2D eigenvalue weighted by Crippen LogP contribution is 2.11. The van der Waals surface area contributed by atoms with Gasteiger partial charge in [0.25, 0.3) is 5.95 Å². The van der Waals surface area contributed by atoms with Gasteiger partial charge in [0.05, 0.1) is 6.21 Å². The lowest BCUT2D eigenvalue weighted by atomic mass is 10.3. The van der Waals surface area contributed by atoms with Gasteiger partial charge in [0.1, 0.15) is 0 Å². The van der Waals surface area contributed by atoms with Crippen LogP contribution in [0.4, 0.5) is 5.95 Å². The molecule has 13 heavy (non-hydrogen) atoms. The molecule has 1 aliphatic heterocycles. The number of amides is 1. The van der Waals surface area contributed by atoms with E-state index in [9.17, 15) is 4.79 Å². The van der Waals surface area contributed by atoms with E-state index >= 15 is 0 Å². The van der Waals surface area contributed by atoms with Crippen molar-refractivity contribution >= 4 is 18.1 Å². The van der Waals surface area contributed by atoms with Crippen molar-refractivity contribution in [2.24, 2.45) is 5.10 Å². The van der Waals surface area contributed by atoms with E-state index in [0.29, 0.717) is 5.95 Å². The van der Waals surface area contributed by atoms with Gasteiger partial charge in [0, 0.05) is 19.8 Å². The van der Waals surface area contributed by atoms with Crippen LogP contribution in [0.5, 0.6) is 0 Å². The first-order chi connectivity index (χ1) is 6.27. The zero-order valence-corrected chi connectivity index (χ0v) is 7.11. The maximum Gasteiger partial charge on any atom is 0.252 e. The first-order valence-corrected chi connectivity index (χ1v) is 3.93. The molecule has 1 N–H and O–H groups in total. The normalized spacial score (nSPS) is 13.9. The smallest absolute Gasteiger partial charge is 0.252 e. The number of rotatable bonds is 1. The van der Waals surface area contributed by atoms with E-state index in [2.05, 4.69) is 26.8 Å². The standard InChI is InChI=1S/C7H8N5O/c1-5(13)9-7-11-10-6-3-2-4-8-12(6)7/h2-3H2,1H3,(H,9,11,13). The molecule has 6 heteroatoms. The maximum absolute atomic E-state index is 10.7. The SMILES string of the molecule is CC(=O)Nc1nnc2n1N=[C]CC2. The minimum absolute atomic E-state index is 0.184. The lowest BCUT2D eigenvalue weighted by molar-refractivity contribution is -0.114. The van der Waals surface area contributed by atoms with Crippen molar-refractivity contribution in [1.29, 1.82) is 0 Å². The zero-order chi connectivity index (χ0) is 9.26. The summed E-state index contributed by atoms with van der Waals surface area (Å²) in [6, 6.07) is 0. The van der Waals surface area contributed by atoms with Gasteiger partial charge in [-0.25, -0.2) is 0 Å². The number of nitrogens with zero attached hydrogens (tertiary/aromatic N) is 4. The van der Waals surface area contributed by atoms with Crippen LogP contribution < -0.4 is 5.32 Å². The van der Waals surface area contributed by atoms with Crippen molar-refractivity contribution in [3.8, 4) is 0 Å². The van der Waals surface area contributed by atoms with Crippen LogP contribution >= 0.6 is 0 Å². The first kappa shape index (κ1) is 7.90. The second kappa shape index (κ2) is 2.96. The Morgan fingerprint density at radius 3 is 3.23 bits per heavy atom. The van der Waals surface area contributed by atoms with Crippen LogP contribution in [0.3, 0.4) is 0 Å². The van der Waals surface area contributed by atoms with E-state index in [1.54, 1.807) is 0 Å². The third-order valence-electron chi connectivity index (χ3n) is 1.62. The van der Waals surface area contributed by atoms with Crippen LogP contribution in [-0.4, -0.2) is 27.0 Å². The highest BCUT2D eigenvalue weighted by Gasteiger charge is 2.14. The molecule has 0 aromatic carbocycles. The molecule has 0 saturated carbocycles. The number of hydrogen-bond acceptors (Lipinski definition) is 4. The molecule has 1 aromatic rings. The van der Waals surface area contributed by atoms with Gasteiger partial charge < -0.3 is 0 Å². The summed E-state index contributed by atoms with van der Waals surface area (Å²) < 4.78 is 1.49. The maximum atomic E-state index is 10.7. The Morgan fingerprint density at radius 2 is 2.46 bits per heavy atom. The molecule has 2 rings (SSSR count). The second-order valence-electron chi connectivity index (χ2n) is 2.69. The van der Waals surface area contributed by atoms with Crippen LogP contribution in [0.25, 0.3) is 0 Å². The molecule has 0 fully saturated rings. The lowest BCUT2D eigenvalue weighted by Crippen LogP contribution is -2.13. The molecule has 0 spiro atoms. The Bertz CT molecular complexity index is 367. The van der Waals surface area contributed by atoms with E-state index < -0.39 is 0 Å². The van der Waals surface area contributed by atoms with E-state index in [1.807, 2.05) is 0 Å². The number of carbonyl (C=O) groups is 1. The Balaban J connectivity index is 2.33. The van der Waals surface area contributed by atoms with Crippen molar-refractivity contribution < 1.29 is 4.79 Å². The quantitative estimate of drug-likeness (QED) is 0.652. The molecule has 1 radical (unpaired) electrons. The zero-order valence-electron chi connectivity index (χ0n) is 7.11. The molecule has 1 amide bonds. The van der Waals surface area contributed by atoms with Gasteiger partial charge in [-0.05, 0) is 0 Å². The second-order valence-corrected chi connectivity index (χ2v) is 2.69. The largest absolute Gasteiger partial charge is 0.293 e. The Morgan fingerprint density at radius 1 is 1.62 bits per heavy atom. The van der Waals surface area contributed by atoms with Crippen LogP contribution in [-0.2, 0) is 11.2 Å². The number of fused-ring (bicyclic) bond motifs is 1. The minimum Gasteiger partial charge on any atom is -0.293 e. The molecule has 0 unspecified atom stereocenters. The predicted molar refractivity (Wildman–Crippen MR) is 45.5 cm³/mol. The highest BCUT2D eigenvalue weighted by atomic mass is 16.1. The van der Waals surface area contributed by atoms with Crippen LogP contribution in [0, 0.1) is 0 Å². The fourth-order valence-corrected chi connectivity index (χ4v) is 1.10. The number of carbonyl (C=O) groups excluding carboxylic acids is 1. The van der Waals surface area contributed by atoms with Crippen LogP contribution in [0.1, 0.15) is 19.2 Å². The third-order valence-corrected chi connectivity index (χ3v) is 1.62. The van der Waals surface area contributed by atoms with Gasteiger partial charge in [-0.1, -0.05) is 0 Å². The van der Waals surface area contributed by atoms with Gasteiger partial charge in [0.15, 0.2) is 5.82 Å². The minimum atomic E-state index is -0.184. The average molecular weight is 178 g/mol. The van der Waals surface area contributed by atoms with Gasteiger partial charge in [-0.2, -0.15) is 9.78 Å². The molecule has 0 bridgehead atoms. The predicted octanol–water partition coefficient (Wildman–Crippen LogP) is -0.106. The van der Waals surface area contributed by atoms with Crippen LogP contribution in [0.15, 0.2) is 5.10 Å². The number of anilines is 1. The number of hydrogen-bond donors (Lipinski definition) is 1.